The zero-order valence-corrected chi connectivity index (χ0v) is 17.4. The van der Waals surface area contributed by atoms with Crippen molar-refractivity contribution in [1.29, 1.82) is 0 Å². The summed E-state index contributed by atoms with van der Waals surface area (Å²) >= 11 is 3.31. The van der Waals surface area contributed by atoms with E-state index in [1.807, 2.05) is 62.4 Å². The summed E-state index contributed by atoms with van der Waals surface area (Å²) in [5, 5.41) is 3.14. The van der Waals surface area contributed by atoms with Crippen molar-refractivity contribution in [3.8, 4) is 0 Å². The molecule has 0 fully saturated rings. The minimum atomic E-state index is -3.86. The molecule has 3 rings (SSSR count). The Morgan fingerprint density at radius 3 is 1.89 bits per heavy atom. The topological polar surface area (TPSA) is 58.5 Å². The normalized spacial score (nSPS) is 12.0. The van der Waals surface area contributed by atoms with Gasteiger partial charge in [0, 0.05) is 15.7 Å². The summed E-state index contributed by atoms with van der Waals surface area (Å²) in [6.07, 6.45) is 0. The van der Waals surface area contributed by atoms with Crippen molar-refractivity contribution in [2.45, 2.75) is 18.7 Å². The van der Waals surface area contributed by atoms with Crippen LogP contribution in [0.3, 0.4) is 0 Å². The van der Waals surface area contributed by atoms with Crippen LogP contribution in [0.2, 0.25) is 0 Å². The van der Waals surface area contributed by atoms with Crippen molar-refractivity contribution in [2.75, 3.05) is 5.32 Å². The van der Waals surface area contributed by atoms with Crippen LogP contribution in [0.25, 0.3) is 0 Å². The van der Waals surface area contributed by atoms with Crippen LogP contribution in [0.15, 0.2) is 86.6 Å². The molecule has 138 valence electrons. The maximum Gasteiger partial charge on any atom is 0.284 e. The largest absolute Gasteiger partial charge is 0.339 e. The van der Waals surface area contributed by atoms with Gasteiger partial charge in [-0.05, 0) is 50.2 Å². The standard InChI is InChI=1S/C21H19BrN2O2S/c1-15-3-7-17(8-4-15)21(23-19-11-5-16(2)6-12-19)24-27(25,26)20-13-9-18(22)10-14-20/h3-14H,1-2H3,(H,23,24). The van der Waals surface area contributed by atoms with Crippen LogP contribution in [-0.4, -0.2) is 14.3 Å². The van der Waals surface area contributed by atoms with E-state index < -0.39 is 10.0 Å². The second kappa shape index (κ2) is 8.06. The number of anilines is 1. The van der Waals surface area contributed by atoms with Crippen LogP contribution in [0.1, 0.15) is 16.7 Å². The van der Waals surface area contributed by atoms with E-state index in [9.17, 15) is 8.42 Å². The molecule has 0 unspecified atom stereocenters. The number of amidine groups is 1. The van der Waals surface area contributed by atoms with Crippen LogP contribution >= 0.6 is 15.9 Å². The third-order valence-electron chi connectivity index (χ3n) is 3.96. The summed E-state index contributed by atoms with van der Waals surface area (Å²) in [5.41, 5.74) is 3.67. The van der Waals surface area contributed by atoms with Gasteiger partial charge in [0.15, 0.2) is 5.84 Å². The van der Waals surface area contributed by atoms with Crippen LogP contribution in [0.4, 0.5) is 5.69 Å². The number of rotatable bonds is 4. The molecule has 4 nitrogen and oxygen atoms in total. The number of nitrogens with zero attached hydrogens (tertiary/aromatic N) is 1. The number of aryl methyl sites for hydroxylation is 2. The molecule has 0 amide bonds. The molecule has 0 atom stereocenters. The maximum atomic E-state index is 12.8. The minimum absolute atomic E-state index is 0.140. The Balaban J connectivity index is 2.04. The Morgan fingerprint density at radius 2 is 1.33 bits per heavy atom. The number of benzene rings is 3. The lowest BCUT2D eigenvalue weighted by molar-refractivity contribution is 0.598. The van der Waals surface area contributed by atoms with Gasteiger partial charge in [0.1, 0.15) is 0 Å². The molecule has 27 heavy (non-hydrogen) atoms. The van der Waals surface area contributed by atoms with Gasteiger partial charge >= 0.3 is 0 Å². The molecule has 0 bridgehead atoms. The minimum Gasteiger partial charge on any atom is -0.339 e. The van der Waals surface area contributed by atoms with Crippen molar-refractivity contribution in [3.63, 3.8) is 0 Å². The van der Waals surface area contributed by atoms with Gasteiger partial charge in [-0.15, -0.1) is 4.40 Å². The van der Waals surface area contributed by atoms with Crippen molar-refractivity contribution >= 4 is 37.5 Å². The van der Waals surface area contributed by atoms with Gasteiger partial charge in [0.2, 0.25) is 0 Å². The first-order valence-electron chi connectivity index (χ1n) is 8.35. The molecule has 0 radical (unpaired) electrons. The highest BCUT2D eigenvalue weighted by Gasteiger charge is 2.16. The molecular weight excluding hydrogens is 424 g/mol. The third kappa shape index (κ3) is 5.05. The zero-order valence-electron chi connectivity index (χ0n) is 15.0. The van der Waals surface area contributed by atoms with Gasteiger partial charge in [0.05, 0.1) is 4.90 Å². The van der Waals surface area contributed by atoms with Crippen molar-refractivity contribution < 1.29 is 8.42 Å². The number of hydrogen-bond donors (Lipinski definition) is 1. The molecule has 0 spiro atoms. The van der Waals surface area contributed by atoms with E-state index >= 15 is 0 Å². The predicted molar refractivity (Wildman–Crippen MR) is 114 cm³/mol. The Hall–Kier alpha value is -2.44. The lowest BCUT2D eigenvalue weighted by Crippen LogP contribution is -2.16. The van der Waals surface area contributed by atoms with Gasteiger partial charge in [-0.3, -0.25) is 0 Å². The molecule has 1 N–H and O–H groups in total. The highest BCUT2D eigenvalue weighted by molar-refractivity contribution is 9.10. The van der Waals surface area contributed by atoms with Crippen LogP contribution in [0.5, 0.6) is 0 Å². The maximum absolute atomic E-state index is 12.8. The average Bonchev–Trinajstić information content (AvgIpc) is 2.64. The van der Waals surface area contributed by atoms with Crippen molar-refractivity contribution in [1.82, 2.24) is 0 Å². The summed E-state index contributed by atoms with van der Waals surface area (Å²) in [4.78, 5) is 0.140. The summed E-state index contributed by atoms with van der Waals surface area (Å²) in [6, 6.07) is 21.7. The van der Waals surface area contributed by atoms with Crippen LogP contribution in [-0.2, 0) is 10.0 Å². The summed E-state index contributed by atoms with van der Waals surface area (Å²) < 4.78 is 30.5. The second-order valence-electron chi connectivity index (χ2n) is 6.23. The molecule has 6 heteroatoms. The smallest absolute Gasteiger partial charge is 0.284 e. The molecule has 0 aromatic heterocycles. The Morgan fingerprint density at radius 1 is 0.815 bits per heavy atom. The van der Waals surface area contributed by atoms with Gasteiger partial charge in [0.25, 0.3) is 10.0 Å². The molecule has 3 aromatic carbocycles. The van der Waals surface area contributed by atoms with Crippen molar-refractivity contribution in [3.05, 3.63) is 94.0 Å². The second-order valence-corrected chi connectivity index (χ2v) is 8.75. The molecule has 0 saturated carbocycles. The molecule has 0 aliphatic heterocycles. The van der Waals surface area contributed by atoms with Gasteiger partial charge in [-0.25, -0.2) is 0 Å². The lowest BCUT2D eigenvalue weighted by atomic mass is 10.1. The molecular formula is C21H19BrN2O2S. The molecule has 0 aliphatic carbocycles. The quantitative estimate of drug-likeness (QED) is 0.439. The number of halogens is 1. The van der Waals surface area contributed by atoms with Gasteiger partial charge < -0.3 is 5.32 Å². The Labute approximate surface area is 168 Å². The van der Waals surface area contributed by atoms with E-state index in [2.05, 4.69) is 25.6 Å². The summed E-state index contributed by atoms with van der Waals surface area (Å²) in [7, 11) is -3.86. The van der Waals surface area contributed by atoms with E-state index in [0.717, 1.165) is 21.3 Å². The van der Waals surface area contributed by atoms with E-state index in [-0.39, 0.29) is 10.7 Å². The van der Waals surface area contributed by atoms with E-state index in [0.29, 0.717) is 5.56 Å². The number of nitrogens with one attached hydrogen (secondary N) is 1. The SMILES string of the molecule is Cc1ccc(N/C(=N\S(=O)(=O)c2ccc(Br)cc2)c2ccc(C)cc2)cc1. The highest BCUT2D eigenvalue weighted by atomic mass is 79.9. The third-order valence-corrected chi connectivity index (χ3v) is 5.78. The van der Waals surface area contributed by atoms with Gasteiger partial charge in [-0.2, -0.15) is 8.42 Å². The first-order valence-corrected chi connectivity index (χ1v) is 10.6. The average molecular weight is 443 g/mol. The summed E-state index contributed by atoms with van der Waals surface area (Å²) in [5.74, 6) is 0.279. The molecule has 3 aromatic rings. The van der Waals surface area contributed by atoms with Gasteiger partial charge in [-0.1, -0.05) is 63.5 Å². The number of hydrogen-bond acceptors (Lipinski definition) is 2. The summed E-state index contributed by atoms with van der Waals surface area (Å²) in [6.45, 7) is 3.98. The lowest BCUT2D eigenvalue weighted by Gasteiger charge is -2.11. The first kappa shape index (κ1) is 19.3. The highest BCUT2D eigenvalue weighted by Crippen LogP contribution is 2.19. The van der Waals surface area contributed by atoms with E-state index in [1.165, 1.54) is 12.1 Å². The molecule has 0 aliphatic rings. The zero-order chi connectivity index (χ0) is 19.4. The molecule has 0 saturated heterocycles. The van der Waals surface area contributed by atoms with Crippen LogP contribution < -0.4 is 5.32 Å². The fraction of sp³-hybridized carbons (Fsp3) is 0.0952. The number of sulfonamides is 1. The van der Waals surface area contributed by atoms with E-state index in [1.54, 1.807) is 12.1 Å². The fourth-order valence-corrected chi connectivity index (χ4v) is 3.65. The predicted octanol–water partition coefficient (Wildman–Crippen LogP) is 5.31. The Bertz CT molecular complexity index is 1060. The molecule has 0 heterocycles. The van der Waals surface area contributed by atoms with Crippen molar-refractivity contribution in [2.24, 2.45) is 4.40 Å². The fourth-order valence-electron chi connectivity index (χ4n) is 2.41. The monoisotopic (exact) mass is 442 g/mol. The van der Waals surface area contributed by atoms with Crippen LogP contribution in [0, 0.1) is 13.8 Å². The first-order chi connectivity index (χ1) is 12.8. The van der Waals surface area contributed by atoms with E-state index in [4.69, 9.17) is 0 Å². The Kier molecular flexibility index (Phi) is 5.77.